The third kappa shape index (κ3) is 4.25. The number of ether oxygens (including phenoxy) is 1. The van der Waals surface area contributed by atoms with Crippen LogP contribution in [0.2, 0.25) is 0 Å². The van der Waals surface area contributed by atoms with E-state index in [9.17, 15) is 4.79 Å². The fourth-order valence-corrected chi connectivity index (χ4v) is 1.57. The van der Waals surface area contributed by atoms with Gasteiger partial charge in [-0.3, -0.25) is 4.79 Å². The average Bonchev–Trinajstić information content (AvgIpc) is 2.36. The molecular weight excluding hydrogens is 230 g/mol. The van der Waals surface area contributed by atoms with E-state index in [0.29, 0.717) is 24.4 Å². The van der Waals surface area contributed by atoms with Gasteiger partial charge in [0.1, 0.15) is 0 Å². The summed E-state index contributed by atoms with van der Waals surface area (Å²) in [5.74, 6) is -0.102. The highest BCUT2D eigenvalue weighted by Gasteiger charge is 2.06. The Kier molecular flexibility index (Phi) is 6.00. The Morgan fingerprint density at radius 3 is 2.83 bits per heavy atom. The van der Waals surface area contributed by atoms with Gasteiger partial charge in [0.2, 0.25) is 0 Å². The van der Waals surface area contributed by atoms with Gasteiger partial charge in [0.15, 0.2) is 0 Å². The second-order valence-corrected chi connectivity index (χ2v) is 3.93. The quantitative estimate of drug-likeness (QED) is 0.506. The Morgan fingerprint density at radius 1 is 1.44 bits per heavy atom. The maximum atomic E-state index is 11.6. The van der Waals surface area contributed by atoms with Gasteiger partial charge < -0.3 is 21.1 Å². The number of hydrogen-bond donors (Lipinski definition) is 3. The van der Waals surface area contributed by atoms with Crippen LogP contribution in [0.1, 0.15) is 23.7 Å². The zero-order valence-electron chi connectivity index (χ0n) is 11.0. The summed E-state index contributed by atoms with van der Waals surface area (Å²) in [7, 11) is 1.68. The fourth-order valence-electron chi connectivity index (χ4n) is 1.57. The summed E-state index contributed by atoms with van der Waals surface area (Å²) in [5, 5.41) is 5.95. The van der Waals surface area contributed by atoms with Crippen molar-refractivity contribution in [1.82, 2.24) is 5.32 Å². The molecule has 100 valence electrons. The molecule has 18 heavy (non-hydrogen) atoms. The zero-order chi connectivity index (χ0) is 13.4. The van der Waals surface area contributed by atoms with Crippen LogP contribution in [0.3, 0.4) is 0 Å². The highest BCUT2D eigenvalue weighted by Crippen LogP contribution is 2.19. The van der Waals surface area contributed by atoms with Crippen LogP contribution in [0, 0.1) is 0 Å². The lowest BCUT2D eigenvalue weighted by Gasteiger charge is -2.10. The van der Waals surface area contributed by atoms with E-state index >= 15 is 0 Å². The lowest BCUT2D eigenvalue weighted by Crippen LogP contribution is -2.22. The molecule has 0 saturated heterocycles. The van der Waals surface area contributed by atoms with Gasteiger partial charge in [-0.25, -0.2) is 0 Å². The Balaban J connectivity index is 2.59. The molecule has 0 aliphatic heterocycles. The molecule has 5 heteroatoms. The predicted octanol–water partition coefficient (Wildman–Crippen LogP) is 1.47. The highest BCUT2D eigenvalue weighted by molar-refractivity contribution is 5.96. The first-order chi connectivity index (χ1) is 8.69. The predicted molar refractivity (Wildman–Crippen MR) is 73.8 cm³/mol. The van der Waals surface area contributed by atoms with E-state index in [1.54, 1.807) is 19.2 Å². The van der Waals surface area contributed by atoms with Crippen molar-refractivity contribution in [2.75, 3.05) is 37.9 Å². The Hall–Kier alpha value is -1.75. The van der Waals surface area contributed by atoms with Crippen LogP contribution < -0.4 is 16.4 Å². The maximum Gasteiger partial charge on any atom is 0.251 e. The molecule has 0 aromatic heterocycles. The molecule has 5 nitrogen and oxygen atoms in total. The second kappa shape index (κ2) is 7.55. The van der Waals surface area contributed by atoms with E-state index < -0.39 is 0 Å². The number of carbonyl (C=O) groups is 1. The molecule has 0 spiro atoms. The minimum Gasteiger partial charge on any atom is -0.397 e. The van der Waals surface area contributed by atoms with E-state index in [1.165, 1.54) is 0 Å². The van der Waals surface area contributed by atoms with Crippen LogP contribution in [0.5, 0.6) is 0 Å². The minimum atomic E-state index is -0.102. The molecular formula is C13H21N3O2. The number of methoxy groups -OCH3 is 1. The van der Waals surface area contributed by atoms with Gasteiger partial charge in [-0.2, -0.15) is 0 Å². The lowest BCUT2D eigenvalue weighted by molar-refractivity contribution is 0.0956. The topological polar surface area (TPSA) is 76.4 Å². The van der Waals surface area contributed by atoms with Crippen molar-refractivity contribution in [1.29, 1.82) is 0 Å². The molecule has 0 aliphatic carbocycles. The standard InChI is InChI=1S/C13H21N3O2/c1-3-15-13(17)10-5-6-12(11(14)9-10)16-7-4-8-18-2/h5-6,9,16H,3-4,7-8,14H2,1-2H3,(H,15,17). The number of nitrogens with one attached hydrogen (secondary N) is 2. The maximum absolute atomic E-state index is 11.6. The van der Waals surface area contributed by atoms with Gasteiger partial charge in [-0.1, -0.05) is 0 Å². The van der Waals surface area contributed by atoms with Crippen molar-refractivity contribution in [3.8, 4) is 0 Å². The van der Waals surface area contributed by atoms with Crippen molar-refractivity contribution >= 4 is 17.3 Å². The number of nitrogens with two attached hydrogens (primary N) is 1. The number of carbonyl (C=O) groups excluding carboxylic acids is 1. The molecule has 0 heterocycles. The molecule has 0 saturated carbocycles. The van der Waals surface area contributed by atoms with Gasteiger partial charge in [0.25, 0.3) is 5.91 Å². The molecule has 1 aromatic carbocycles. The second-order valence-electron chi connectivity index (χ2n) is 3.93. The van der Waals surface area contributed by atoms with Crippen LogP contribution in [0.25, 0.3) is 0 Å². The molecule has 0 atom stereocenters. The Morgan fingerprint density at radius 2 is 2.22 bits per heavy atom. The molecule has 0 aliphatic rings. The zero-order valence-corrected chi connectivity index (χ0v) is 11.0. The highest BCUT2D eigenvalue weighted by atomic mass is 16.5. The van der Waals surface area contributed by atoms with E-state index in [2.05, 4.69) is 10.6 Å². The van der Waals surface area contributed by atoms with E-state index in [4.69, 9.17) is 10.5 Å². The largest absolute Gasteiger partial charge is 0.397 e. The van der Waals surface area contributed by atoms with Gasteiger partial charge in [0.05, 0.1) is 11.4 Å². The molecule has 1 amide bonds. The number of nitrogen functional groups attached to an aromatic ring is 1. The van der Waals surface area contributed by atoms with Crippen molar-refractivity contribution in [3.05, 3.63) is 23.8 Å². The molecule has 0 unspecified atom stereocenters. The third-order valence-electron chi connectivity index (χ3n) is 2.49. The summed E-state index contributed by atoms with van der Waals surface area (Å²) >= 11 is 0. The summed E-state index contributed by atoms with van der Waals surface area (Å²) in [6.45, 7) is 3.99. The van der Waals surface area contributed by atoms with Crippen molar-refractivity contribution in [2.24, 2.45) is 0 Å². The molecule has 0 fully saturated rings. The summed E-state index contributed by atoms with van der Waals surface area (Å²) in [4.78, 5) is 11.6. The summed E-state index contributed by atoms with van der Waals surface area (Å²) in [5.41, 5.74) is 7.90. The third-order valence-corrected chi connectivity index (χ3v) is 2.49. The number of amides is 1. The van der Waals surface area contributed by atoms with Crippen molar-refractivity contribution < 1.29 is 9.53 Å². The first-order valence-corrected chi connectivity index (χ1v) is 6.09. The first kappa shape index (κ1) is 14.3. The van der Waals surface area contributed by atoms with Crippen molar-refractivity contribution in [2.45, 2.75) is 13.3 Å². The van der Waals surface area contributed by atoms with Gasteiger partial charge in [0, 0.05) is 32.4 Å². The average molecular weight is 251 g/mol. The first-order valence-electron chi connectivity index (χ1n) is 6.09. The molecule has 0 bridgehead atoms. The summed E-state index contributed by atoms with van der Waals surface area (Å²) < 4.78 is 4.96. The van der Waals surface area contributed by atoms with Gasteiger partial charge >= 0.3 is 0 Å². The fraction of sp³-hybridized carbons (Fsp3) is 0.462. The molecule has 1 aromatic rings. The molecule has 0 radical (unpaired) electrons. The number of hydrogen-bond acceptors (Lipinski definition) is 4. The van der Waals surface area contributed by atoms with Crippen LogP contribution >= 0.6 is 0 Å². The smallest absolute Gasteiger partial charge is 0.251 e. The van der Waals surface area contributed by atoms with Crippen LogP contribution in [0.4, 0.5) is 11.4 Å². The van der Waals surface area contributed by atoms with Gasteiger partial charge in [-0.05, 0) is 31.5 Å². The number of anilines is 2. The van der Waals surface area contributed by atoms with E-state index in [0.717, 1.165) is 18.7 Å². The number of benzene rings is 1. The molecule has 4 N–H and O–H groups in total. The SMILES string of the molecule is CCNC(=O)c1ccc(NCCCOC)c(N)c1. The van der Waals surface area contributed by atoms with Gasteiger partial charge in [-0.15, -0.1) is 0 Å². The van der Waals surface area contributed by atoms with Crippen molar-refractivity contribution in [3.63, 3.8) is 0 Å². The Bertz CT molecular complexity index is 394. The monoisotopic (exact) mass is 251 g/mol. The Labute approximate surface area is 108 Å². The number of rotatable bonds is 7. The van der Waals surface area contributed by atoms with Crippen LogP contribution in [-0.2, 0) is 4.74 Å². The summed E-state index contributed by atoms with van der Waals surface area (Å²) in [6, 6.07) is 5.27. The lowest BCUT2D eigenvalue weighted by atomic mass is 10.1. The molecule has 1 rings (SSSR count). The summed E-state index contributed by atoms with van der Waals surface area (Å²) in [6.07, 6.45) is 0.911. The van der Waals surface area contributed by atoms with E-state index in [1.807, 2.05) is 13.0 Å². The normalized spacial score (nSPS) is 10.1. The minimum absolute atomic E-state index is 0.102. The van der Waals surface area contributed by atoms with E-state index in [-0.39, 0.29) is 5.91 Å². The van der Waals surface area contributed by atoms with Crippen LogP contribution in [-0.4, -0.2) is 32.7 Å². The van der Waals surface area contributed by atoms with Crippen LogP contribution in [0.15, 0.2) is 18.2 Å².